The molecule has 0 saturated heterocycles. The number of esters is 1. The Morgan fingerprint density at radius 2 is 1.94 bits per heavy atom. The van der Waals surface area contributed by atoms with Gasteiger partial charge in [-0.05, 0) is 18.8 Å². The summed E-state index contributed by atoms with van der Waals surface area (Å²) in [5.74, 6) is -0.0907. The van der Waals surface area contributed by atoms with Gasteiger partial charge < -0.3 is 10.1 Å². The first kappa shape index (κ1) is 14.9. The van der Waals surface area contributed by atoms with Crippen LogP contribution in [0, 0.1) is 5.92 Å². The fourth-order valence-corrected chi connectivity index (χ4v) is 1.43. The van der Waals surface area contributed by atoms with Gasteiger partial charge in [0.15, 0.2) is 0 Å². The van der Waals surface area contributed by atoms with E-state index >= 15 is 0 Å². The molecular weight excluding hydrogens is 206 g/mol. The van der Waals surface area contributed by atoms with Gasteiger partial charge in [-0.15, -0.1) is 0 Å². The first-order valence-electron chi connectivity index (χ1n) is 5.88. The van der Waals surface area contributed by atoms with E-state index in [9.17, 15) is 9.59 Å². The molecule has 0 heterocycles. The van der Waals surface area contributed by atoms with Gasteiger partial charge in [0.25, 0.3) is 0 Å². The second-order valence-electron chi connectivity index (χ2n) is 4.38. The van der Waals surface area contributed by atoms with Crippen LogP contribution in [0.2, 0.25) is 0 Å². The summed E-state index contributed by atoms with van der Waals surface area (Å²) in [4.78, 5) is 22.9. The van der Waals surface area contributed by atoms with Gasteiger partial charge in [0, 0.05) is 6.42 Å². The zero-order valence-electron chi connectivity index (χ0n) is 10.7. The number of hydrogen-bond donors (Lipinski definition) is 1. The molecule has 0 rings (SSSR count). The normalized spacial score (nSPS) is 12.3. The van der Waals surface area contributed by atoms with Gasteiger partial charge in [-0.25, -0.2) is 4.79 Å². The van der Waals surface area contributed by atoms with Gasteiger partial charge in [0.05, 0.1) is 7.11 Å². The first-order chi connectivity index (χ1) is 7.51. The Bertz CT molecular complexity index is 226. The van der Waals surface area contributed by atoms with E-state index in [1.165, 1.54) is 7.11 Å². The Kier molecular flexibility index (Phi) is 7.60. The fourth-order valence-electron chi connectivity index (χ4n) is 1.43. The predicted molar refractivity (Wildman–Crippen MR) is 62.9 cm³/mol. The number of carbonyl (C=O) groups excluding carboxylic acids is 2. The van der Waals surface area contributed by atoms with E-state index in [0.29, 0.717) is 18.8 Å². The third kappa shape index (κ3) is 6.43. The number of unbranched alkanes of at least 4 members (excludes halogenated alkanes) is 1. The van der Waals surface area contributed by atoms with E-state index in [1.54, 1.807) is 0 Å². The molecular formula is C12H23NO3. The van der Waals surface area contributed by atoms with Crippen molar-refractivity contribution in [3.8, 4) is 0 Å². The SMILES string of the molecule is CCCCC(=O)N[C@H](CC(C)C)C(=O)OC. The van der Waals surface area contributed by atoms with Gasteiger partial charge in [-0.2, -0.15) is 0 Å². The lowest BCUT2D eigenvalue weighted by Gasteiger charge is -2.18. The maximum Gasteiger partial charge on any atom is 0.328 e. The maximum atomic E-state index is 11.5. The van der Waals surface area contributed by atoms with E-state index in [-0.39, 0.29) is 11.9 Å². The number of methoxy groups -OCH3 is 1. The summed E-state index contributed by atoms with van der Waals surface area (Å²) in [6.07, 6.45) is 2.91. The molecule has 0 fully saturated rings. The van der Waals surface area contributed by atoms with E-state index < -0.39 is 6.04 Å². The Balaban J connectivity index is 4.19. The molecule has 94 valence electrons. The number of carbonyl (C=O) groups is 2. The van der Waals surface area contributed by atoms with Crippen molar-refractivity contribution in [1.82, 2.24) is 5.32 Å². The van der Waals surface area contributed by atoms with Crippen molar-refractivity contribution < 1.29 is 14.3 Å². The van der Waals surface area contributed by atoms with Crippen molar-refractivity contribution in [1.29, 1.82) is 0 Å². The summed E-state index contributed by atoms with van der Waals surface area (Å²) in [7, 11) is 1.34. The van der Waals surface area contributed by atoms with Gasteiger partial charge in [-0.3, -0.25) is 4.79 Å². The van der Waals surface area contributed by atoms with E-state index in [1.807, 2.05) is 20.8 Å². The highest BCUT2D eigenvalue weighted by molar-refractivity contribution is 5.84. The van der Waals surface area contributed by atoms with Crippen LogP contribution in [0.1, 0.15) is 46.5 Å². The summed E-state index contributed by atoms with van der Waals surface area (Å²) >= 11 is 0. The van der Waals surface area contributed by atoms with Crippen LogP contribution in [-0.2, 0) is 14.3 Å². The Morgan fingerprint density at radius 3 is 2.38 bits per heavy atom. The van der Waals surface area contributed by atoms with Crippen molar-refractivity contribution in [2.24, 2.45) is 5.92 Å². The molecule has 0 spiro atoms. The van der Waals surface area contributed by atoms with Crippen LogP contribution in [-0.4, -0.2) is 25.0 Å². The molecule has 0 bridgehead atoms. The smallest absolute Gasteiger partial charge is 0.328 e. The monoisotopic (exact) mass is 229 g/mol. The third-order valence-corrected chi connectivity index (χ3v) is 2.29. The predicted octanol–water partition coefficient (Wildman–Crippen LogP) is 1.88. The quantitative estimate of drug-likeness (QED) is 0.678. The van der Waals surface area contributed by atoms with Crippen molar-refractivity contribution in [2.45, 2.75) is 52.5 Å². The average Bonchev–Trinajstić information content (AvgIpc) is 2.23. The van der Waals surface area contributed by atoms with Gasteiger partial charge in [0.2, 0.25) is 5.91 Å². The van der Waals surface area contributed by atoms with E-state index in [4.69, 9.17) is 0 Å². The van der Waals surface area contributed by atoms with Crippen LogP contribution in [0.5, 0.6) is 0 Å². The Morgan fingerprint density at radius 1 is 1.31 bits per heavy atom. The zero-order chi connectivity index (χ0) is 12.6. The molecule has 0 radical (unpaired) electrons. The molecule has 1 atom stereocenters. The van der Waals surface area contributed by atoms with Crippen molar-refractivity contribution >= 4 is 11.9 Å². The molecule has 0 unspecified atom stereocenters. The molecule has 1 N–H and O–H groups in total. The molecule has 4 nitrogen and oxygen atoms in total. The molecule has 1 amide bonds. The number of rotatable bonds is 7. The van der Waals surface area contributed by atoms with Crippen LogP contribution < -0.4 is 5.32 Å². The lowest BCUT2D eigenvalue weighted by Crippen LogP contribution is -2.42. The summed E-state index contributed by atoms with van der Waals surface area (Å²) in [6, 6.07) is -0.505. The maximum absolute atomic E-state index is 11.5. The van der Waals surface area contributed by atoms with Crippen LogP contribution in [0.4, 0.5) is 0 Å². The highest BCUT2D eigenvalue weighted by Gasteiger charge is 2.21. The largest absolute Gasteiger partial charge is 0.467 e. The molecule has 0 aliphatic rings. The lowest BCUT2D eigenvalue weighted by atomic mass is 10.0. The summed E-state index contributed by atoms with van der Waals surface area (Å²) in [5.41, 5.74) is 0. The van der Waals surface area contributed by atoms with Gasteiger partial charge >= 0.3 is 5.97 Å². The molecule has 4 heteroatoms. The molecule has 0 saturated carbocycles. The summed E-state index contributed by atoms with van der Waals surface area (Å²) in [5, 5.41) is 2.72. The lowest BCUT2D eigenvalue weighted by molar-refractivity contribution is -0.145. The standard InChI is InChI=1S/C12H23NO3/c1-5-6-7-11(14)13-10(8-9(2)3)12(15)16-4/h9-10H,5-8H2,1-4H3,(H,13,14)/t10-/m1/s1. The number of amides is 1. The first-order valence-corrected chi connectivity index (χ1v) is 5.88. The van der Waals surface area contributed by atoms with Crippen molar-refractivity contribution in [3.05, 3.63) is 0 Å². The molecule has 0 aliphatic carbocycles. The van der Waals surface area contributed by atoms with Crippen LogP contribution >= 0.6 is 0 Å². The highest BCUT2D eigenvalue weighted by atomic mass is 16.5. The fraction of sp³-hybridized carbons (Fsp3) is 0.833. The molecule has 0 aliphatic heterocycles. The summed E-state index contributed by atoms with van der Waals surface area (Å²) < 4.78 is 4.66. The Hall–Kier alpha value is -1.06. The third-order valence-electron chi connectivity index (χ3n) is 2.29. The minimum absolute atomic E-state index is 0.0714. The van der Waals surface area contributed by atoms with Crippen LogP contribution in [0.25, 0.3) is 0 Å². The second-order valence-corrected chi connectivity index (χ2v) is 4.38. The molecule has 0 aromatic carbocycles. The van der Waals surface area contributed by atoms with Crippen molar-refractivity contribution in [2.75, 3.05) is 7.11 Å². The Labute approximate surface area is 97.7 Å². The second kappa shape index (κ2) is 8.13. The highest BCUT2D eigenvalue weighted by Crippen LogP contribution is 2.07. The van der Waals surface area contributed by atoms with E-state index in [2.05, 4.69) is 10.1 Å². The molecule has 0 aromatic rings. The van der Waals surface area contributed by atoms with Crippen LogP contribution in [0.15, 0.2) is 0 Å². The van der Waals surface area contributed by atoms with Crippen LogP contribution in [0.3, 0.4) is 0 Å². The zero-order valence-corrected chi connectivity index (χ0v) is 10.7. The molecule has 16 heavy (non-hydrogen) atoms. The van der Waals surface area contributed by atoms with Gasteiger partial charge in [-0.1, -0.05) is 27.2 Å². The average molecular weight is 229 g/mol. The topological polar surface area (TPSA) is 55.4 Å². The summed E-state index contributed by atoms with van der Waals surface area (Å²) in [6.45, 7) is 6.04. The minimum Gasteiger partial charge on any atom is -0.467 e. The number of ether oxygens (including phenoxy) is 1. The number of nitrogens with one attached hydrogen (secondary N) is 1. The minimum atomic E-state index is -0.505. The van der Waals surface area contributed by atoms with Gasteiger partial charge in [0.1, 0.15) is 6.04 Å². The van der Waals surface area contributed by atoms with E-state index in [0.717, 1.165) is 12.8 Å². The molecule has 0 aromatic heterocycles. The number of hydrogen-bond acceptors (Lipinski definition) is 3. The van der Waals surface area contributed by atoms with Crippen molar-refractivity contribution in [3.63, 3.8) is 0 Å².